The molecular weight excluding hydrogens is 450 g/mol. The topological polar surface area (TPSA) is 97.3 Å². The van der Waals surface area contributed by atoms with Crippen LogP contribution in [0.5, 0.6) is 0 Å². The van der Waals surface area contributed by atoms with Crippen LogP contribution >= 0.6 is 0 Å². The zero-order chi connectivity index (χ0) is 24.9. The van der Waals surface area contributed by atoms with Gasteiger partial charge >= 0.3 is 0 Å². The minimum Gasteiger partial charge on any atom is -0.441 e. The van der Waals surface area contributed by atoms with Gasteiger partial charge in [0, 0.05) is 25.2 Å². The summed E-state index contributed by atoms with van der Waals surface area (Å²) < 4.78 is 5.99. The van der Waals surface area contributed by atoms with Crippen LogP contribution in [0.1, 0.15) is 35.1 Å². The van der Waals surface area contributed by atoms with E-state index in [1.165, 1.54) is 5.56 Å². The third-order valence-corrected chi connectivity index (χ3v) is 6.73. The molecule has 5 rings (SSSR count). The number of hydrogen-bond acceptors (Lipinski definition) is 6. The normalized spacial score (nSPS) is 18.1. The molecule has 1 amide bonds. The zero-order valence-electron chi connectivity index (χ0n) is 20.4. The van der Waals surface area contributed by atoms with Crippen molar-refractivity contribution in [2.75, 3.05) is 18.8 Å². The molecule has 2 aromatic heterocycles. The van der Waals surface area contributed by atoms with Gasteiger partial charge in [-0.2, -0.15) is 0 Å². The SMILES string of the molecule is Cc1oc(-c2ccccc2)nc1CN1C[C@H](C(=O)NCc2cccc(N)n2)C[C@@H](c2ccccc2)C1. The summed E-state index contributed by atoms with van der Waals surface area (Å²) in [4.78, 5) is 24.7. The van der Waals surface area contributed by atoms with Crippen LogP contribution in [-0.2, 0) is 17.9 Å². The molecule has 1 fully saturated rings. The molecule has 2 aromatic carbocycles. The summed E-state index contributed by atoms with van der Waals surface area (Å²) in [5.74, 6) is 2.03. The van der Waals surface area contributed by atoms with Crippen molar-refractivity contribution in [3.63, 3.8) is 0 Å². The second kappa shape index (κ2) is 10.7. The van der Waals surface area contributed by atoms with Crippen molar-refractivity contribution in [2.45, 2.75) is 32.4 Å². The number of carbonyl (C=O) groups excluding carboxylic acids is 1. The van der Waals surface area contributed by atoms with Crippen molar-refractivity contribution in [3.8, 4) is 11.5 Å². The predicted octanol–water partition coefficient (Wildman–Crippen LogP) is 4.55. The summed E-state index contributed by atoms with van der Waals surface area (Å²) in [6.45, 7) is 4.46. The molecule has 3 heterocycles. The first kappa shape index (κ1) is 23.8. The molecule has 2 atom stereocenters. The van der Waals surface area contributed by atoms with Crippen LogP contribution in [0.3, 0.4) is 0 Å². The van der Waals surface area contributed by atoms with Crippen LogP contribution in [0, 0.1) is 12.8 Å². The van der Waals surface area contributed by atoms with Crippen molar-refractivity contribution >= 4 is 11.7 Å². The van der Waals surface area contributed by atoms with Gasteiger partial charge in [0.05, 0.1) is 23.9 Å². The highest BCUT2D eigenvalue weighted by molar-refractivity contribution is 5.79. The molecule has 1 saturated heterocycles. The maximum absolute atomic E-state index is 13.3. The molecule has 0 spiro atoms. The molecule has 0 unspecified atom stereocenters. The first-order valence-electron chi connectivity index (χ1n) is 12.3. The molecule has 3 N–H and O–H groups in total. The number of aryl methyl sites for hydroxylation is 1. The summed E-state index contributed by atoms with van der Waals surface area (Å²) >= 11 is 0. The van der Waals surface area contributed by atoms with Crippen LogP contribution in [0.2, 0.25) is 0 Å². The van der Waals surface area contributed by atoms with Crippen LogP contribution in [0.15, 0.2) is 83.3 Å². The molecule has 0 bridgehead atoms. The average molecular weight is 482 g/mol. The maximum Gasteiger partial charge on any atom is 0.226 e. The number of nitrogens with zero attached hydrogens (tertiary/aromatic N) is 3. The van der Waals surface area contributed by atoms with E-state index in [-0.39, 0.29) is 17.7 Å². The molecule has 0 radical (unpaired) electrons. The molecule has 0 aliphatic carbocycles. The molecule has 36 heavy (non-hydrogen) atoms. The third-order valence-electron chi connectivity index (χ3n) is 6.73. The second-order valence-corrected chi connectivity index (χ2v) is 9.39. The fraction of sp³-hybridized carbons (Fsp3) is 0.276. The van der Waals surface area contributed by atoms with Gasteiger partial charge in [-0.05, 0) is 49.1 Å². The lowest BCUT2D eigenvalue weighted by Gasteiger charge is -2.37. The number of carbonyl (C=O) groups is 1. The van der Waals surface area contributed by atoms with Crippen molar-refractivity contribution in [1.29, 1.82) is 0 Å². The lowest BCUT2D eigenvalue weighted by atomic mass is 9.84. The Labute approximate surface area is 211 Å². The molecule has 1 aliphatic heterocycles. The zero-order valence-corrected chi connectivity index (χ0v) is 20.4. The van der Waals surface area contributed by atoms with Gasteiger partial charge in [-0.1, -0.05) is 54.6 Å². The van der Waals surface area contributed by atoms with Gasteiger partial charge in [-0.25, -0.2) is 9.97 Å². The first-order chi connectivity index (χ1) is 17.5. The van der Waals surface area contributed by atoms with Gasteiger partial charge in [0.25, 0.3) is 0 Å². The van der Waals surface area contributed by atoms with E-state index >= 15 is 0 Å². The quantitative estimate of drug-likeness (QED) is 0.402. The Morgan fingerprint density at radius 2 is 1.75 bits per heavy atom. The van der Waals surface area contributed by atoms with Crippen LogP contribution in [-0.4, -0.2) is 33.9 Å². The maximum atomic E-state index is 13.3. The van der Waals surface area contributed by atoms with E-state index in [1.807, 2.05) is 55.5 Å². The molecule has 7 heteroatoms. The number of pyridine rings is 1. The Balaban J connectivity index is 1.32. The second-order valence-electron chi connectivity index (χ2n) is 9.39. The lowest BCUT2D eigenvalue weighted by molar-refractivity contribution is -0.127. The highest BCUT2D eigenvalue weighted by Crippen LogP contribution is 2.32. The number of nitrogens with two attached hydrogens (primary N) is 1. The van der Waals surface area contributed by atoms with E-state index in [1.54, 1.807) is 6.07 Å². The molecule has 4 aromatic rings. The fourth-order valence-corrected chi connectivity index (χ4v) is 4.89. The average Bonchev–Trinajstić information content (AvgIpc) is 3.28. The number of piperidine rings is 1. The van der Waals surface area contributed by atoms with Gasteiger partial charge < -0.3 is 15.5 Å². The van der Waals surface area contributed by atoms with Crippen LogP contribution in [0.25, 0.3) is 11.5 Å². The van der Waals surface area contributed by atoms with Crippen LogP contribution in [0.4, 0.5) is 5.82 Å². The summed E-state index contributed by atoms with van der Waals surface area (Å²) in [6.07, 6.45) is 0.795. The summed E-state index contributed by atoms with van der Waals surface area (Å²) in [5, 5.41) is 3.07. The standard InChI is InChI=1S/C29H31N5O2/c1-20-26(33-29(36-20)22-11-6-3-7-12-22)19-34-17-23(21-9-4-2-5-10-21)15-24(18-34)28(35)31-16-25-13-8-14-27(30)32-25/h2-14,23-24H,15-19H2,1H3,(H2,30,32)(H,31,35)/t23-,24-/m1/s1. The number of rotatable bonds is 7. The monoisotopic (exact) mass is 481 g/mol. The molecular formula is C29H31N5O2. The minimum absolute atomic E-state index is 0.0340. The lowest BCUT2D eigenvalue weighted by Crippen LogP contribution is -2.45. The van der Waals surface area contributed by atoms with Gasteiger partial charge in [0.1, 0.15) is 11.6 Å². The number of anilines is 1. The Morgan fingerprint density at radius 3 is 2.50 bits per heavy atom. The van der Waals surface area contributed by atoms with Gasteiger partial charge in [-0.15, -0.1) is 0 Å². The summed E-state index contributed by atoms with van der Waals surface area (Å²) in [7, 11) is 0. The molecule has 1 aliphatic rings. The Hall–Kier alpha value is -3.97. The number of amides is 1. The number of likely N-dealkylation sites (tertiary alicyclic amines) is 1. The van der Waals surface area contributed by atoms with Gasteiger partial charge in [-0.3, -0.25) is 9.69 Å². The van der Waals surface area contributed by atoms with Crippen molar-refractivity contribution < 1.29 is 9.21 Å². The smallest absolute Gasteiger partial charge is 0.226 e. The number of nitrogen functional groups attached to an aromatic ring is 1. The predicted molar refractivity (Wildman–Crippen MR) is 140 cm³/mol. The highest BCUT2D eigenvalue weighted by atomic mass is 16.4. The van der Waals surface area contributed by atoms with Crippen LogP contribution < -0.4 is 11.1 Å². The van der Waals surface area contributed by atoms with E-state index in [2.05, 4.69) is 39.5 Å². The first-order valence-corrected chi connectivity index (χ1v) is 12.3. The fourth-order valence-electron chi connectivity index (χ4n) is 4.89. The third kappa shape index (κ3) is 5.63. The van der Waals surface area contributed by atoms with E-state index in [9.17, 15) is 4.79 Å². The van der Waals surface area contributed by atoms with Crippen molar-refractivity contribution in [2.24, 2.45) is 5.92 Å². The number of oxazole rings is 1. The van der Waals surface area contributed by atoms with E-state index in [0.29, 0.717) is 31.3 Å². The van der Waals surface area contributed by atoms with E-state index in [0.717, 1.165) is 35.7 Å². The number of benzene rings is 2. The number of aromatic nitrogens is 2. The van der Waals surface area contributed by atoms with Crippen molar-refractivity contribution in [3.05, 3.63) is 102 Å². The summed E-state index contributed by atoms with van der Waals surface area (Å²) in [6, 6.07) is 25.8. The number of hydrogen-bond donors (Lipinski definition) is 2. The minimum atomic E-state index is -0.147. The Kier molecular flexibility index (Phi) is 7.09. The van der Waals surface area contributed by atoms with Crippen molar-refractivity contribution in [1.82, 2.24) is 20.2 Å². The largest absolute Gasteiger partial charge is 0.441 e. The van der Waals surface area contributed by atoms with E-state index < -0.39 is 0 Å². The molecule has 0 saturated carbocycles. The highest BCUT2D eigenvalue weighted by Gasteiger charge is 2.33. The van der Waals surface area contributed by atoms with Gasteiger partial charge in [0.2, 0.25) is 11.8 Å². The molecule has 7 nitrogen and oxygen atoms in total. The summed E-state index contributed by atoms with van der Waals surface area (Å²) in [5.41, 5.74) is 9.66. The van der Waals surface area contributed by atoms with E-state index in [4.69, 9.17) is 15.1 Å². The molecule has 184 valence electrons. The Morgan fingerprint density at radius 1 is 1.00 bits per heavy atom. The Bertz CT molecular complexity index is 1310. The van der Waals surface area contributed by atoms with Gasteiger partial charge in [0.15, 0.2) is 0 Å². The number of nitrogens with one attached hydrogen (secondary N) is 1.